The van der Waals surface area contributed by atoms with E-state index in [1.165, 1.54) is 4.90 Å². The third-order valence-electron chi connectivity index (χ3n) is 10.6. The number of hydrogen-bond donors (Lipinski definition) is 1. The Morgan fingerprint density at radius 1 is 0.682 bits per heavy atom. The van der Waals surface area contributed by atoms with E-state index in [9.17, 15) is 19.5 Å². The van der Waals surface area contributed by atoms with Crippen LogP contribution in [0.25, 0.3) is 0 Å². The molecule has 44 heavy (non-hydrogen) atoms. The molecule has 0 unspecified atom stereocenters. The average molecular weight is 592 g/mol. The Hall–Kier alpha value is -3.97. The standard InChI is InChI=1S/C37H41N3O4/c41-34(39-24-20-29(21-25-39)37(44,27-10-3-1-4-11-27)28-12-5-2-6-13-28)26-18-22-38(23-19-26)32-17-9-16-31-33(32)36(43)40(35(31)42)30-14-7-8-15-30/h1-6,9-13,16-17,26,29-30,44H,7-8,14-15,18-25H2. The topological polar surface area (TPSA) is 81.2 Å². The van der Waals surface area contributed by atoms with Gasteiger partial charge in [0.15, 0.2) is 0 Å². The number of hydrogen-bond acceptors (Lipinski definition) is 5. The van der Waals surface area contributed by atoms with E-state index in [4.69, 9.17) is 0 Å². The summed E-state index contributed by atoms with van der Waals surface area (Å²) >= 11 is 0. The highest BCUT2D eigenvalue weighted by Crippen LogP contribution is 2.43. The van der Waals surface area contributed by atoms with Gasteiger partial charge in [0.25, 0.3) is 11.8 Å². The first-order valence-corrected chi connectivity index (χ1v) is 16.3. The largest absolute Gasteiger partial charge is 0.380 e. The highest BCUT2D eigenvalue weighted by Gasteiger charge is 2.45. The number of carbonyl (C=O) groups is 3. The van der Waals surface area contributed by atoms with E-state index in [1.54, 1.807) is 6.07 Å². The monoisotopic (exact) mass is 591 g/mol. The van der Waals surface area contributed by atoms with Crippen LogP contribution >= 0.6 is 0 Å². The van der Waals surface area contributed by atoms with Crippen LogP contribution in [0.1, 0.15) is 83.2 Å². The number of benzene rings is 3. The van der Waals surface area contributed by atoms with Gasteiger partial charge in [-0.15, -0.1) is 0 Å². The van der Waals surface area contributed by atoms with Crippen LogP contribution in [0.2, 0.25) is 0 Å². The summed E-state index contributed by atoms with van der Waals surface area (Å²) in [6.07, 6.45) is 6.80. The van der Waals surface area contributed by atoms with E-state index in [2.05, 4.69) is 4.90 Å². The molecule has 3 aromatic rings. The summed E-state index contributed by atoms with van der Waals surface area (Å²) in [5, 5.41) is 12.2. The molecule has 0 spiro atoms. The number of carbonyl (C=O) groups excluding carboxylic acids is 3. The maximum absolute atomic E-state index is 13.7. The van der Waals surface area contributed by atoms with E-state index < -0.39 is 5.60 Å². The molecule has 0 aromatic heterocycles. The van der Waals surface area contributed by atoms with Crippen molar-refractivity contribution in [2.75, 3.05) is 31.1 Å². The lowest BCUT2D eigenvalue weighted by atomic mass is 9.72. The maximum atomic E-state index is 13.7. The maximum Gasteiger partial charge on any atom is 0.263 e. The number of rotatable bonds is 6. The average Bonchev–Trinajstić information content (AvgIpc) is 3.71. The number of amides is 3. The molecule has 228 valence electrons. The molecule has 0 bridgehead atoms. The van der Waals surface area contributed by atoms with Crippen molar-refractivity contribution in [3.63, 3.8) is 0 Å². The van der Waals surface area contributed by atoms with E-state index in [0.717, 1.165) is 68.2 Å². The van der Waals surface area contributed by atoms with E-state index >= 15 is 0 Å². The van der Waals surface area contributed by atoms with Gasteiger partial charge in [0, 0.05) is 38.1 Å². The zero-order valence-corrected chi connectivity index (χ0v) is 25.2. The van der Waals surface area contributed by atoms with Gasteiger partial charge in [0.05, 0.1) is 16.8 Å². The van der Waals surface area contributed by atoms with E-state index in [-0.39, 0.29) is 35.6 Å². The number of imide groups is 1. The first-order valence-electron chi connectivity index (χ1n) is 16.3. The van der Waals surface area contributed by atoms with Crippen LogP contribution in [-0.4, -0.2) is 64.8 Å². The second-order valence-electron chi connectivity index (χ2n) is 13.0. The molecule has 1 saturated carbocycles. The van der Waals surface area contributed by atoms with Crippen LogP contribution in [0, 0.1) is 11.8 Å². The second-order valence-corrected chi connectivity index (χ2v) is 13.0. The van der Waals surface area contributed by atoms with Crippen LogP contribution in [0.15, 0.2) is 78.9 Å². The Morgan fingerprint density at radius 2 is 1.27 bits per heavy atom. The van der Waals surface area contributed by atoms with Crippen LogP contribution in [0.5, 0.6) is 0 Å². The van der Waals surface area contributed by atoms with Gasteiger partial charge in [-0.3, -0.25) is 19.3 Å². The van der Waals surface area contributed by atoms with Gasteiger partial charge in [-0.1, -0.05) is 79.6 Å². The Balaban J connectivity index is 1.00. The van der Waals surface area contributed by atoms with Gasteiger partial charge in [-0.2, -0.15) is 0 Å². The number of anilines is 1. The Labute approximate surface area is 259 Å². The van der Waals surface area contributed by atoms with Gasteiger partial charge < -0.3 is 14.9 Å². The van der Waals surface area contributed by atoms with Crippen LogP contribution in [0.4, 0.5) is 5.69 Å². The van der Waals surface area contributed by atoms with Gasteiger partial charge in [0.2, 0.25) is 5.91 Å². The minimum atomic E-state index is -1.11. The molecule has 3 fully saturated rings. The smallest absolute Gasteiger partial charge is 0.263 e. The molecule has 3 heterocycles. The molecule has 7 nitrogen and oxygen atoms in total. The molecule has 0 radical (unpaired) electrons. The lowest BCUT2D eigenvalue weighted by Crippen LogP contribution is -2.49. The summed E-state index contributed by atoms with van der Waals surface area (Å²) in [5.74, 6) is -0.169. The first kappa shape index (κ1) is 28.8. The van der Waals surface area contributed by atoms with Crippen molar-refractivity contribution in [2.24, 2.45) is 11.8 Å². The third-order valence-corrected chi connectivity index (χ3v) is 10.6. The summed E-state index contributed by atoms with van der Waals surface area (Å²) in [5.41, 5.74) is 2.57. The third kappa shape index (κ3) is 4.91. The molecule has 1 aliphatic carbocycles. The molecule has 7 rings (SSSR count). The molecule has 3 aliphatic heterocycles. The Kier molecular flexibility index (Phi) is 7.75. The number of aliphatic hydroxyl groups is 1. The van der Waals surface area contributed by atoms with E-state index in [0.29, 0.717) is 37.3 Å². The molecule has 3 amide bonds. The number of fused-ring (bicyclic) bond motifs is 1. The molecular formula is C37H41N3O4. The highest BCUT2D eigenvalue weighted by molar-refractivity contribution is 6.24. The zero-order chi connectivity index (χ0) is 30.3. The van der Waals surface area contributed by atoms with Crippen LogP contribution in [-0.2, 0) is 10.4 Å². The fourth-order valence-corrected chi connectivity index (χ4v) is 8.21. The molecule has 1 N–H and O–H groups in total. The summed E-state index contributed by atoms with van der Waals surface area (Å²) in [6, 6.07) is 25.4. The summed E-state index contributed by atoms with van der Waals surface area (Å²) < 4.78 is 0. The summed E-state index contributed by atoms with van der Waals surface area (Å²) in [6.45, 7) is 2.61. The second kappa shape index (κ2) is 11.8. The molecule has 0 atom stereocenters. The number of nitrogens with zero attached hydrogens (tertiary/aromatic N) is 3. The number of piperidine rings is 2. The molecular weight excluding hydrogens is 550 g/mol. The first-order chi connectivity index (χ1) is 21.5. The SMILES string of the molecule is O=C(C1CCN(c2cccc3c2C(=O)N(C2CCCC2)C3=O)CC1)N1CCC(C(O)(c2ccccc2)c2ccccc2)CC1. The van der Waals surface area contributed by atoms with Gasteiger partial charge >= 0.3 is 0 Å². The zero-order valence-electron chi connectivity index (χ0n) is 25.2. The predicted octanol–water partition coefficient (Wildman–Crippen LogP) is 5.62. The minimum absolute atomic E-state index is 0.00224. The lowest BCUT2D eigenvalue weighted by molar-refractivity contribution is -0.139. The molecule has 3 aromatic carbocycles. The van der Waals surface area contributed by atoms with Crippen molar-refractivity contribution in [1.29, 1.82) is 0 Å². The van der Waals surface area contributed by atoms with Crippen molar-refractivity contribution < 1.29 is 19.5 Å². The molecule has 7 heteroatoms. The van der Waals surface area contributed by atoms with Gasteiger partial charge in [0.1, 0.15) is 5.60 Å². The van der Waals surface area contributed by atoms with Crippen LogP contribution < -0.4 is 4.90 Å². The Morgan fingerprint density at radius 3 is 1.86 bits per heavy atom. The van der Waals surface area contributed by atoms with Crippen LogP contribution in [0.3, 0.4) is 0 Å². The van der Waals surface area contributed by atoms with Gasteiger partial charge in [-0.05, 0) is 67.7 Å². The van der Waals surface area contributed by atoms with Crippen molar-refractivity contribution in [1.82, 2.24) is 9.80 Å². The molecule has 4 aliphatic rings. The van der Waals surface area contributed by atoms with E-state index in [1.807, 2.05) is 77.7 Å². The summed E-state index contributed by atoms with van der Waals surface area (Å²) in [7, 11) is 0. The van der Waals surface area contributed by atoms with Crippen molar-refractivity contribution in [3.8, 4) is 0 Å². The fourth-order valence-electron chi connectivity index (χ4n) is 8.21. The normalized spacial score (nSPS) is 20.4. The Bertz CT molecular complexity index is 1480. The minimum Gasteiger partial charge on any atom is -0.380 e. The van der Waals surface area contributed by atoms with Gasteiger partial charge in [-0.25, -0.2) is 0 Å². The van der Waals surface area contributed by atoms with Crippen molar-refractivity contribution >= 4 is 23.4 Å². The highest BCUT2D eigenvalue weighted by atomic mass is 16.3. The fraction of sp³-hybridized carbons (Fsp3) is 0.432. The number of likely N-dealkylation sites (tertiary alicyclic amines) is 1. The predicted molar refractivity (Wildman–Crippen MR) is 169 cm³/mol. The summed E-state index contributed by atoms with van der Waals surface area (Å²) in [4.78, 5) is 46.1. The van der Waals surface area contributed by atoms with Crippen molar-refractivity contribution in [2.45, 2.75) is 63.0 Å². The quantitative estimate of drug-likeness (QED) is 0.377. The van der Waals surface area contributed by atoms with Crippen molar-refractivity contribution in [3.05, 3.63) is 101 Å². The lowest BCUT2D eigenvalue weighted by Gasteiger charge is -2.43. The molecule has 2 saturated heterocycles.